The van der Waals surface area contributed by atoms with Gasteiger partial charge in [-0.3, -0.25) is 24.9 Å². The number of nitro groups is 2. The van der Waals surface area contributed by atoms with Crippen LogP contribution in [0, 0.1) is 39.9 Å². The lowest BCUT2D eigenvalue weighted by Crippen LogP contribution is -2.07. The summed E-state index contributed by atoms with van der Waals surface area (Å²) in [5, 5.41) is 25.6. The van der Waals surface area contributed by atoms with Gasteiger partial charge in [-0.15, -0.1) is 0 Å². The zero-order chi connectivity index (χ0) is 15.7. The second-order valence-electron chi connectivity index (χ2n) is 4.44. The minimum Gasteiger partial charge on any atom is -0.258 e. The van der Waals surface area contributed by atoms with Crippen LogP contribution in [0.5, 0.6) is 0 Å². The lowest BCUT2D eigenvalue weighted by molar-refractivity contribution is -0.387. The van der Waals surface area contributed by atoms with Crippen molar-refractivity contribution in [1.82, 2.24) is 9.78 Å². The van der Waals surface area contributed by atoms with Crippen LogP contribution in [0.3, 0.4) is 0 Å². The molecule has 1 heterocycles. The average molecular weight is 294 g/mol. The van der Waals surface area contributed by atoms with E-state index < -0.39 is 21.4 Å². The predicted molar refractivity (Wildman–Crippen MR) is 70.5 cm³/mol. The molecule has 9 heteroatoms. The first kappa shape index (κ1) is 14.6. The van der Waals surface area contributed by atoms with Crippen LogP contribution < -0.4 is 0 Å². The van der Waals surface area contributed by atoms with E-state index in [-0.39, 0.29) is 29.2 Å². The molecule has 0 amide bonds. The second-order valence-corrected chi connectivity index (χ2v) is 4.44. The number of aromatic nitrogens is 2. The van der Waals surface area contributed by atoms with Gasteiger partial charge < -0.3 is 0 Å². The van der Waals surface area contributed by atoms with Crippen molar-refractivity contribution in [3.05, 3.63) is 61.2 Å². The number of nitrogens with zero attached hydrogens (tertiary/aromatic N) is 4. The van der Waals surface area contributed by atoms with E-state index in [2.05, 4.69) is 5.10 Å². The highest BCUT2D eigenvalue weighted by Crippen LogP contribution is 2.25. The molecule has 0 radical (unpaired) electrons. The topological polar surface area (TPSA) is 104 Å². The van der Waals surface area contributed by atoms with Gasteiger partial charge in [0.15, 0.2) is 0 Å². The van der Waals surface area contributed by atoms with E-state index in [4.69, 9.17) is 0 Å². The molecule has 0 N–H and O–H groups in total. The van der Waals surface area contributed by atoms with Gasteiger partial charge >= 0.3 is 11.4 Å². The first-order valence-electron chi connectivity index (χ1n) is 5.93. The van der Waals surface area contributed by atoms with E-state index in [1.54, 1.807) is 0 Å². The van der Waals surface area contributed by atoms with Crippen LogP contribution >= 0.6 is 0 Å². The normalized spacial score (nSPS) is 10.6. The van der Waals surface area contributed by atoms with Gasteiger partial charge in [0.2, 0.25) is 5.82 Å². The van der Waals surface area contributed by atoms with E-state index in [0.29, 0.717) is 0 Å². The van der Waals surface area contributed by atoms with Crippen molar-refractivity contribution in [2.75, 3.05) is 0 Å². The van der Waals surface area contributed by atoms with Crippen LogP contribution in [0.1, 0.15) is 17.0 Å². The van der Waals surface area contributed by atoms with Crippen molar-refractivity contribution in [2.24, 2.45) is 0 Å². The Kier molecular flexibility index (Phi) is 3.66. The third kappa shape index (κ3) is 2.57. The third-order valence-corrected chi connectivity index (χ3v) is 3.10. The van der Waals surface area contributed by atoms with E-state index >= 15 is 0 Å². The highest BCUT2D eigenvalue weighted by Gasteiger charge is 2.23. The summed E-state index contributed by atoms with van der Waals surface area (Å²) in [6, 6.07) is 3.80. The molecule has 8 nitrogen and oxygen atoms in total. The molecule has 0 fully saturated rings. The summed E-state index contributed by atoms with van der Waals surface area (Å²) in [6.45, 7) is 2.85. The van der Waals surface area contributed by atoms with Crippen molar-refractivity contribution in [1.29, 1.82) is 0 Å². The average Bonchev–Trinajstić information content (AvgIpc) is 2.66. The zero-order valence-corrected chi connectivity index (χ0v) is 11.2. The summed E-state index contributed by atoms with van der Waals surface area (Å²) in [7, 11) is 0. The first-order valence-corrected chi connectivity index (χ1v) is 5.93. The maximum atomic E-state index is 14.0. The molecule has 0 saturated heterocycles. The smallest absolute Gasteiger partial charge is 0.258 e. The standard InChI is InChI=1S/C12H11FN4O4/c1-7-12(17(20)21)8(2)15(14-7)6-9-4-3-5-10(11(9)13)16(18)19/h3-5H,6H2,1-2H3. The van der Waals surface area contributed by atoms with Gasteiger partial charge in [0.05, 0.1) is 16.4 Å². The van der Waals surface area contributed by atoms with E-state index in [1.165, 1.54) is 30.7 Å². The molecule has 0 spiro atoms. The Morgan fingerprint density at radius 3 is 2.43 bits per heavy atom. The Morgan fingerprint density at radius 1 is 1.24 bits per heavy atom. The van der Waals surface area contributed by atoms with Gasteiger partial charge in [-0.2, -0.15) is 9.49 Å². The minimum absolute atomic E-state index is 0.0460. The number of benzene rings is 1. The number of aryl methyl sites for hydroxylation is 1. The lowest BCUT2D eigenvalue weighted by Gasteiger charge is -2.05. The van der Waals surface area contributed by atoms with Gasteiger partial charge in [0.1, 0.15) is 11.4 Å². The molecule has 0 atom stereocenters. The molecule has 0 bridgehead atoms. The Hall–Kier alpha value is -2.84. The lowest BCUT2D eigenvalue weighted by atomic mass is 10.2. The van der Waals surface area contributed by atoms with Crippen molar-refractivity contribution >= 4 is 11.4 Å². The maximum absolute atomic E-state index is 14.0. The van der Waals surface area contributed by atoms with Gasteiger partial charge in [-0.1, -0.05) is 12.1 Å². The highest BCUT2D eigenvalue weighted by atomic mass is 19.1. The molecule has 1 aromatic carbocycles. The Balaban J connectivity index is 2.44. The van der Waals surface area contributed by atoms with Crippen LogP contribution in [0.15, 0.2) is 18.2 Å². The zero-order valence-electron chi connectivity index (χ0n) is 11.2. The summed E-state index contributed by atoms with van der Waals surface area (Å²) in [6.07, 6.45) is 0. The molecule has 2 rings (SSSR count). The molecular weight excluding hydrogens is 283 g/mol. The highest BCUT2D eigenvalue weighted by molar-refractivity contribution is 5.41. The number of nitro benzene ring substituents is 1. The summed E-state index contributed by atoms with van der Waals surface area (Å²) in [5.74, 6) is -0.960. The Labute approximate surface area is 118 Å². The molecule has 0 aliphatic rings. The Morgan fingerprint density at radius 2 is 1.90 bits per heavy atom. The molecule has 0 aliphatic heterocycles. The molecule has 21 heavy (non-hydrogen) atoms. The third-order valence-electron chi connectivity index (χ3n) is 3.10. The monoisotopic (exact) mass is 294 g/mol. The van der Waals surface area contributed by atoms with Gasteiger partial charge in [-0.25, -0.2) is 0 Å². The van der Waals surface area contributed by atoms with Crippen LogP contribution in [0.4, 0.5) is 15.8 Å². The fraction of sp³-hybridized carbons (Fsp3) is 0.250. The molecule has 110 valence electrons. The minimum atomic E-state index is -0.960. The van der Waals surface area contributed by atoms with Crippen LogP contribution in [-0.2, 0) is 6.54 Å². The summed E-state index contributed by atoms with van der Waals surface area (Å²) >= 11 is 0. The van der Waals surface area contributed by atoms with Crippen molar-refractivity contribution in [3.63, 3.8) is 0 Å². The molecular formula is C12H11FN4O4. The first-order chi connectivity index (χ1) is 9.82. The van der Waals surface area contributed by atoms with Crippen LogP contribution in [0.2, 0.25) is 0 Å². The van der Waals surface area contributed by atoms with Crippen molar-refractivity contribution in [2.45, 2.75) is 20.4 Å². The fourth-order valence-corrected chi connectivity index (χ4v) is 2.10. The maximum Gasteiger partial charge on any atom is 0.312 e. The number of halogens is 1. The predicted octanol–water partition coefficient (Wildman–Crippen LogP) is 2.50. The molecule has 2 aromatic rings. The van der Waals surface area contributed by atoms with Crippen LogP contribution in [0.25, 0.3) is 0 Å². The Bertz CT molecular complexity index is 741. The van der Waals surface area contributed by atoms with Crippen LogP contribution in [-0.4, -0.2) is 19.6 Å². The number of hydrogen-bond donors (Lipinski definition) is 0. The fourth-order valence-electron chi connectivity index (χ4n) is 2.10. The quantitative estimate of drug-likeness (QED) is 0.636. The summed E-state index contributed by atoms with van der Waals surface area (Å²) < 4.78 is 15.2. The second kappa shape index (κ2) is 5.27. The van der Waals surface area contributed by atoms with Gasteiger partial charge in [-0.05, 0) is 13.8 Å². The van der Waals surface area contributed by atoms with Gasteiger partial charge in [0.25, 0.3) is 0 Å². The largest absolute Gasteiger partial charge is 0.312 e. The summed E-state index contributed by atoms with van der Waals surface area (Å²) in [5.41, 5.74) is -0.249. The number of rotatable bonds is 4. The summed E-state index contributed by atoms with van der Waals surface area (Å²) in [4.78, 5) is 20.2. The molecule has 1 aromatic heterocycles. The molecule has 0 unspecified atom stereocenters. The van der Waals surface area contributed by atoms with E-state index in [0.717, 1.165) is 6.07 Å². The number of hydrogen-bond acceptors (Lipinski definition) is 5. The van der Waals surface area contributed by atoms with Gasteiger partial charge in [0, 0.05) is 11.6 Å². The van der Waals surface area contributed by atoms with Crippen molar-refractivity contribution in [3.8, 4) is 0 Å². The molecule has 0 saturated carbocycles. The van der Waals surface area contributed by atoms with E-state index in [9.17, 15) is 24.6 Å². The van der Waals surface area contributed by atoms with E-state index in [1.807, 2.05) is 0 Å². The SMILES string of the molecule is Cc1nn(Cc2cccc([N+](=O)[O-])c2F)c(C)c1[N+](=O)[O-]. The van der Waals surface area contributed by atoms with Crippen molar-refractivity contribution < 1.29 is 14.2 Å². The molecule has 0 aliphatic carbocycles.